The Morgan fingerprint density at radius 2 is 1.53 bits per heavy atom. The van der Waals surface area contributed by atoms with Crippen LogP contribution in [0.3, 0.4) is 0 Å². The van der Waals surface area contributed by atoms with Crippen molar-refractivity contribution in [3.05, 3.63) is 132 Å². The lowest BCUT2D eigenvalue weighted by molar-refractivity contribution is -0.110. The number of rotatable bonds is 7. The van der Waals surface area contributed by atoms with Gasteiger partial charge >= 0.3 is 0 Å². The van der Waals surface area contributed by atoms with Gasteiger partial charge in [-0.3, -0.25) is 14.5 Å². The number of fused-ring (bicyclic) bond motifs is 2. The fourth-order valence-corrected chi connectivity index (χ4v) is 5.81. The Kier molecular flexibility index (Phi) is 7.15. The van der Waals surface area contributed by atoms with E-state index in [2.05, 4.69) is 50.1 Å². The molecule has 0 aliphatic carbocycles. The van der Waals surface area contributed by atoms with Crippen LogP contribution in [0.25, 0.3) is 22.2 Å². The highest BCUT2D eigenvalue weighted by Gasteiger charge is 2.29. The first-order valence-electron chi connectivity index (χ1n) is 14.6. The van der Waals surface area contributed by atoms with E-state index in [1.54, 1.807) is 12.1 Å². The Balaban J connectivity index is 1.17. The van der Waals surface area contributed by atoms with Crippen LogP contribution >= 0.6 is 0 Å². The second-order valence-electron chi connectivity index (χ2n) is 11.0. The van der Waals surface area contributed by atoms with E-state index in [0.717, 1.165) is 53.0 Å². The number of nitrogens with one attached hydrogen (secondary N) is 3. The van der Waals surface area contributed by atoms with Gasteiger partial charge in [-0.2, -0.15) is 0 Å². The highest BCUT2D eigenvalue weighted by Crippen LogP contribution is 2.39. The van der Waals surface area contributed by atoms with Crippen LogP contribution in [0.15, 0.2) is 109 Å². The van der Waals surface area contributed by atoms with Crippen LogP contribution in [0.4, 0.5) is 17.1 Å². The number of benzene rings is 4. The molecule has 7 rings (SSSR count). The number of carbonyl (C=O) groups is 2. The molecule has 43 heavy (non-hydrogen) atoms. The zero-order valence-corrected chi connectivity index (χ0v) is 23.6. The van der Waals surface area contributed by atoms with Gasteiger partial charge in [-0.15, -0.1) is 0 Å². The second kappa shape index (κ2) is 11.5. The van der Waals surface area contributed by atoms with Gasteiger partial charge in [-0.25, -0.2) is 4.98 Å². The maximum atomic E-state index is 13.5. The number of hydrogen-bond acceptors (Lipinski definition) is 5. The van der Waals surface area contributed by atoms with Crippen molar-refractivity contribution in [3.8, 4) is 0 Å². The van der Waals surface area contributed by atoms with Crippen LogP contribution in [0.2, 0.25) is 0 Å². The summed E-state index contributed by atoms with van der Waals surface area (Å²) >= 11 is 0. The summed E-state index contributed by atoms with van der Waals surface area (Å²) in [5.74, 6) is -0.516. The lowest BCUT2D eigenvalue weighted by Crippen LogP contribution is -2.18. The molecule has 0 saturated carbocycles. The fraction of sp³-hybridized carbons (Fsp3) is 0.139. The average molecular weight is 566 g/mol. The zero-order valence-electron chi connectivity index (χ0n) is 23.6. The maximum Gasteiger partial charge on any atom is 0.274 e. The standard InChI is InChI=1S/C36H31N5O2/c42-35(31-19-14-25-8-4-5-11-30(25)39-31)38-28-17-18-29-32(22-28)40-36(43)33(29)34(26-9-2-1-3-10-26)37-27-15-12-24(13-16-27)23-41-20-6-7-21-41/h1-5,8-19,22,37H,6-7,20-21,23H2,(H,38,42)(H,40,43)/b34-33-. The van der Waals surface area contributed by atoms with E-state index in [9.17, 15) is 9.59 Å². The summed E-state index contributed by atoms with van der Waals surface area (Å²) in [6, 6.07) is 35.1. The van der Waals surface area contributed by atoms with E-state index >= 15 is 0 Å². The minimum absolute atomic E-state index is 0.202. The number of aromatic nitrogens is 1. The topological polar surface area (TPSA) is 86.4 Å². The Bertz CT molecular complexity index is 1860. The summed E-state index contributed by atoms with van der Waals surface area (Å²) in [4.78, 5) is 33.4. The average Bonchev–Trinajstić information content (AvgIpc) is 3.67. The molecule has 7 nitrogen and oxygen atoms in total. The smallest absolute Gasteiger partial charge is 0.274 e. The molecule has 1 saturated heterocycles. The molecule has 0 atom stereocenters. The number of carbonyl (C=O) groups excluding carboxylic acids is 2. The minimum Gasteiger partial charge on any atom is -0.354 e. The molecule has 0 bridgehead atoms. The number of hydrogen-bond donors (Lipinski definition) is 3. The summed E-state index contributed by atoms with van der Waals surface area (Å²) < 4.78 is 0. The normalized spacial score (nSPS) is 15.7. The van der Waals surface area contributed by atoms with Gasteiger partial charge < -0.3 is 16.0 Å². The molecule has 2 aliphatic rings. The Hall–Kier alpha value is -5.27. The molecule has 1 aromatic heterocycles. The van der Waals surface area contributed by atoms with Crippen molar-refractivity contribution in [1.29, 1.82) is 0 Å². The molecule has 0 unspecified atom stereocenters. The first-order valence-corrected chi connectivity index (χ1v) is 14.6. The first kappa shape index (κ1) is 26.6. The second-order valence-corrected chi connectivity index (χ2v) is 11.0. The Labute approximate surface area is 250 Å². The van der Waals surface area contributed by atoms with Gasteiger partial charge in [0.15, 0.2) is 0 Å². The van der Waals surface area contributed by atoms with Crippen molar-refractivity contribution < 1.29 is 9.59 Å². The van der Waals surface area contributed by atoms with Crippen molar-refractivity contribution in [2.24, 2.45) is 0 Å². The monoisotopic (exact) mass is 565 g/mol. The Morgan fingerprint density at radius 3 is 2.35 bits per heavy atom. The van der Waals surface area contributed by atoms with Gasteiger partial charge in [0, 0.05) is 28.9 Å². The van der Waals surface area contributed by atoms with Crippen LogP contribution in [-0.2, 0) is 11.3 Å². The highest BCUT2D eigenvalue weighted by atomic mass is 16.2. The number of amides is 2. The quantitative estimate of drug-likeness (QED) is 0.185. The highest BCUT2D eigenvalue weighted by molar-refractivity contribution is 6.37. The first-order chi connectivity index (χ1) is 21.1. The van der Waals surface area contributed by atoms with Crippen molar-refractivity contribution in [2.45, 2.75) is 19.4 Å². The van der Waals surface area contributed by atoms with Gasteiger partial charge in [-0.1, -0.05) is 66.7 Å². The molecule has 2 amide bonds. The van der Waals surface area contributed by atoms with Gasteiger partial charge in [-0.05, 0) is 79.5 Å². The summed E-state index contributed by atoms with van der Waals surface area (Å²) in [6.45, 7) is 3.27. The molecular weight excluding hydrogens is 534 g/mol. The molecule has 1 fully saturated rings. The predicted molar refractivity (Wildman–Crippen MR) is 173 cm³/mol. The van der Waals surface area contributed by atoms with E-state index in [1.807, 2.05) is 72.8 Å². The lowest BCUT2D eigenvalue weighted by Gasteiger charge is -2.17. The Morgan fingerprint density at radius 1 is 0.791 bits per heavy atom. The molecule has 2 aliphatic heterocycles. The van der Waals surface area contributed by atoms with Crippen LogP contribution in [0.1, 0.15) is 40.0 Å². The van der Waals surface area contributed by atoms with E-state index in [-0.39, 0.29) is 11.8 Å². The molecule has 5 aromatic rings. The van der Waals surface area contributed by atoms with Crippen LogP contribution in [-0.4, -0.2) is 34.8 Å². The molecule has 7 heteroatoms. The van der Waals surface area contributed by atoms with Crippen molar-refractivity contribution in [3.63, 3.8) is 0 Å². The van der Waals surface area contributed by atoms with E-state index in [0.29, 0.717) is 22.6 Å². The van der Waals surface area contributed by atoms with Gasteiger partial charge in [0.1, 0.15) is 5.69 Å². The maximum absolute atomic E-state index is 13.5. The zero-order chi connectivity index (χ0) is 29.2. The SMILES string of the molecule is O=C1Nc2cc(NC(=O)c3ccc4ccccc4n3)ccc2/C1=C(/Nc1ccc(CN2CCCC2)cc1)c1ccccc1. The number of likely N-dealkylation sites (tertiary alicyclic amines) is 1. The summed E-state index contributed by atoms with van der Waals surface area (Å²) in [5, 5.41) is 10.4. The third kappa shape index (κ3) is 5.63. The molecule has 3 N–H and O–H groups in total. The molecule has 212 valence electrons. The largest absolute Gasteiger partial charge is 0.354 e. The number of anilines is 3. The van der Waals surface area contributed by atoms with Crippen molar-refractivity contribution >= 4 is 51.0 Å². The van der Waals surface area contributed by atoms with Crippen molar-refractivity contribution in [2.75, 3.05) is 29.0 Å². The third-order valence-electron chi connectivity index (χ3n) is 7.99. The van der Waals surface area contributed by atoms with Crippen LogP contribution in [0.5, 0.6) is 0 Å². The van der Waals surface area contributed by atoms with Crippen molar-refractivity contribution in [1.82, 2.24) is 9.88 Å². The van der Waals surface area contributed by atoms with Gasteiger partial charge in [0.2, 0.25) is 0 Å². The summed E-state index contributed by atoms with van der Waals surface area (Å²) in [6.07, 6.45) is 2.54. The fourth-order valence-electron chi connectivity index (χ4n) is 5.81. The minimum atomic E-state index is -0.314. The molecule has 0 radical (unpaired) electrons. The van der Waals surface area contributed by atoms with Gasteiger partial charge in [0.25, 0.3) is 11.8 Å². The van der Waals surface area contributed by atoms with E-state index < -0.39 is 0 Å². The number of nitrogens with zero attached hydrogens (tertiary/aromatic N) is 2. The van der Waals surface area contributed by atoms with E-state index in [1.165, 1.54) is 18.4 Å². The summed E-state index contributed by atoms with van der Waals surface area (Å²) in [5.41, 5.74) is 7.42. The van der Waals surface area contributed by atoms with Gasteiger partial charge in [0.05, 0.1) is 22.5 Å². The molecule has 4 aromatic carbocycles. The lowest BCUT2D eigenvalue weighted by atomic mass is 9.99. The third-order valence-corrected chi connectivity index (χ3v) is 7.99. The number of para-hydroxylation sites is 1. The van der Waals surface area contributed by atoms with Crippen LogP contribution < -0.4 is 16.0 Å². The number of pyridine rings is 1. The van der Waals surface area contributed by atoms with E-state index in [4.69, 9.17) is 0 Å². The molecular formula is C36H31N5O2. The predicted octanol–water partition coefficient (Wildman–Crippen LogP) is 7.02. The summed E-state index contributed by atoms with van der Waals surface area (Å²) in [7, 11) is 0. The van der Waals surface area contributed by atoms with Crippen LogP contribution in [0, 0.1) is 0 Å². The molecule has 0 spiro atoms. The molecule has 3 heterocycles.